The maximum atomic E-state index is 12.8. The van der Waals surface area contributed by atoms with Crippen molar-refractivity contribution in [3.8, 4) is 0 Å². The Hall–Kier alpha value is -2.18. The first-order valence-corrected chi connectivity index (χ1v) is 22.9. The maximum absolute atomic E-state index is 12.8. The number of nitrogens with one attached hydrogen (secondary N) is 2. The zero-order chi connectivity index (χ0) is 53.6. The molecular formula is C40H70N2O30. The van der Waals surface area contributed by atoms with E-state index >= 15 is 0 Å². The van der Waals surface area contributed by atoms with Crippen molar-refractivity contribution in [3.05, 3.63) is 0 Å². The summed E-state index contributed by atoms with van der Waals surface area (Å²) in [5, 5.41) is 196. The minimum absolute atomic E-state index is 0.794. The molecule has 420 valence electrons. The molecule has 0 aromatic rings. The van der Waals surface area contributed by atoms with Gasteiger partial charge in [0.25, 0.3) is 0 Å². The summed E-state index contributed by atoms with van der Waals surface area (Å²) in [6.07, 6.45) is -52.0. The molecule has 32 heteroatoms. The smallest absolute Gasteiger partial charge is 0.217 e. The molecule has 5 fully saturated rings. The Kier molecular flexibility index (Phi) is 22.5. The molecular weight excluding hydrogens is 988 g/mol. The van der Waals surface area contributed by atoms with Gasteiger partial charge >= 0.3 is 0 Å². The Balaban J connectivity index is 1.47. The first kappa shape index (κ1) is 60.7. The topological polar surface area (TPSA) is 515 Å². The van der Waals surface area contributed by atoms with Crippen molar-refractivity contribution in [1.82, 2.24) is 10.6 Å². The largest absolute Gasteiger partial charge is 0.394 e. The lowest BCUT2D eigenvalue weighted by molar-refractivity contribution is -0.401. The van der Waals surface area contributed by atoms with Crippen LogP contribution in [0.15, 0.2) is 0 Å². The van der Waals surface area contributed by atoms with E-state index < -0.39 is 229 Å². The highest BCUT2D eigenvalue weighted by atomic mass is 16.8. The van der Waals surface area contributed by atoms with Gasteiger partial charge in [-0.2, -0.15) is 0 Å². The predicted molar refractivity (Wildman–Crippen MR) is 223 cm³/mol. The number of hydrogen-bond acceptors (Lipinski definition) is 30. The molecule has 5 aliphatic rings. The third kappa shape index (κ3) is 13.7. The minimum atomic E-state index is -2.26. The molecule has 2 amide bonds. The zero-order valence-corrected chi connectivity index (χ0v) is 38.9. The molecule has 72 heavy (non-hydrogen) atoms. The van der Waals surface area contributed by atoms with Crippen molar-refractivity contribution in [2.24, 2.45) is 0 Å². The van der Waals surface area contributed by atoms with E-state index in [4.69, 9.17) is 47.4 Å². The van der Waals surface area contributed by atoms with Crippen LogP contribution in [0.4, 0.5) is 0 Å². The summed E-state index contributed by atoms with van der Waals surface area (Å²) in [5.74, 6) is -1.67. The van der Waals surface area contributed by atoms with Crippen LogP contribution in [0.25, 0.3) is 0 Å². The van der Waals surface area contributed by atoms with Gasteiger partial charge in [-0.15, -0.1) is 0 Å². The van der Waals surface area contributed by atoms with Gasteiger partial charge in [-0.1, -0.05) is 0 Å². The van der Waals surface area contributed by atoms with Crippen LogP contribution in [0.3, 0.4) is 0 Å². The highest BCUT2D eigenvalue weighted by Crippen LogP contribution is 2.36. The fourth-order valence-electron chi connectivity index (χ4n) is 8.73. The second-order valence-corrected chi connectivity index (χ2v) is 18.0. The highest BCUT2D eigenvalue weighted by Gasteiger charge is 2.57. The van der Waals surface area contributed by atoms with Crippen LogP contribution < -0.4 is 10.6 Å². The summed E-state index contributed by atoms with van der Waals surface area (Å²) < 4.78 is 57.6. The van der Waals surface area contributed by atoms with E-state index in [2.05, 4.69) is 10.6 Å². The molecule has 5 heterocycles. The van der Waals surface area contributed by atoms with Crippen LogP contribution in [-0.4, -0.2) is 321 Å². The van der Waals surface area contributed by atoms with Crippen molar-refractivity contribution in [2.75, 3.05) is 39.6 Å². The van der Waals surface area contributed by atoms with Gasteiger partial charge in [-0.05, 0) is 6.92 Å². The number of rotatable bonds is 21. The van der Waals surface area contributed by atoms with E-state index in [0.717, 1.165) is 13.8 Å². The first-order chi connectivity index (χ1) is 33.9. The average molecular weight is 1060 g/mol. The van der Waals surface area contributed by atoms with Gasteiger partial charge in [0.05, 0.1) is 51.8 Å². The van der Waals surface area contributed by atoms with Crippen LogP contribution in [-0.2, 0) is 57.0 Å². The van der Waals surface area contributed by atoms with E-state index in [1.165, 1.54) is 6.92 Å². The lowest BCUT2D eigenvalue weighted by Crippen LogP contribution is -2.70. The molecule has 0 unspecified atom stereocenters. The van der Waals surface area contributed by atoms with Crippen LogP contribution in [0.5, 0.6) is 0 Å². The van der Waals surface area contributed by atoms with Crippen molar-refractivity contribution in [1.29, 1.82) is 0 Å². The molecule has 20 N–H and O–H groups in total. The fraction of sp³-hybridized carbons (Fsp3) is 0.950. The number of ether oxygens (including phenoxy) is 10. The quantitative estimate of drug-likeness (QED) is 0.0507. The first-order valence-electron chi connectivity index (χ1n) is 22.9. The second-order valence-electron chi connectivity index (χ2n) is 18.0. The van der Waals surface area contributed by atoms with Gasteiger partial charge in [0.1, 0.15) is 134 Å². The minimum Gasteiger partial charge on any atom is -0.394 e. The van der Waals surface area contributed by atoms with Gasteiger partial charge in [0.15, 0.2) is 31.5 Å². The highest BCUT2D eigenvalue weighted by molar-refractivity contribution is 5.73. The summed E-state index contributed by atoms with van der Waals surface area (Å²) in [7, 11) is 0. The Morgan fingerprint density at radius 2 is 0.931 bits per heavy atom. The summed E-state index contributed by atoms with van der Waals surface area (Å²) in [5.41, 5.74) is 0. The SMILES string of the molecule is CC(=O)N[C@H]1[C@H](OC[C@@H](O)[C@H](O)[C@H](O[C@@H]2O[C@H](CO)[C@H](O)[C@H](O)[C@H]2O)[C@H](CO)NC(C)=O)O[C@H](CO)[C@@H](O)[C@@H]1O[C@@H]1O[C@H](CO)[C@H](O)[C@H](O[C@H]2O[C@H](CO)[C@H](O)[C@H](O)[C@H]2O)[C@H]1O[C@@H]1O[C@@H](C)[C@@H](O)[C@@H](O)[C@@H]1O. The number of carbonyl (C=O) groups is 2. The lowest BCUT2D eigenvalue weighted by Gasteiger charge is -2.51. The molecule has 0 bridgehead atoms. The number of hydrogen-bond donors (Lipinski definition) is 20. The zero-order valence-electron chi connectivity index (χ0n) is 38.9. The van der Waals surface area contributed by atoms with E-state index in [1.54, 1.807) is 0 Å². The molecule has 0 aromatic heterocycles. The van der Waals surface area contributed by atoms with E-state index in [0.29, 0.717) is 0 Å². The van der Waals surface area contributed by atoms with Gasteiger partial charge < -0.3 is 150 Å². The van der Waals surface area contributed by atoms with E-state index in [1.807, 2.05) is 0 Å². The Labute approximate surface area is 409 Å². The Morgan fingerprint density at radius 3 is 1.44 bits per heavy atom. The molecule has 0 spiro atoms. The second kappa shape index (κ2) is 26.7. The standard InChI is InChI=1S/C40H70N2O30/c1-10-20(51)26(57)29(60)37(64-10)72-35-34(71-39-31(62)28(59)23(54)16(6-45)67-39)25(56)18(8-47)68-40(35)70-33-19(42-12(3)49)36(65-17(7-46)24(33)55)63-9-14(50)21(52)32(13(4-43)41-11(2)48)69-38-30(61)27(58)22(53)15(5-44)66-38/h10,13-40,43-47,50-62H,4-9H2,1-3H3,(H,41,48)(H,42,49)/t10-,13-,14+,15+,16+,17+,18+,19+,20+,21-,22-,23-,24+,25-,26+,27-,28-,29-,30+,31+,32+,33+,34-,35+,36+,37-,38-,39+,40-/m0/s1. The summed E-state index contributed by atoms with van der Waals surface area (Å²) in [6, 6.07) is -3.39. The molecule has 0 radical (unpaired) electrons. The van der Waals surface area contributed by atoms with Crippen molar-refractivity contribution in [3.63, 3.8) is 0 Å². The van der Waals surface area contributed by atoms with Crippen LogP contribution in [0.2, 0.25) is 0 Å². The molecule has 0 aliphatic carbocycles. The van der Waals surface area contributed by atoms with Crippen molar-refractivity contribution < 1.29 is 149 Å². The fourth-order valence-corrected chi connectivity index (χ4v) is 8.73. The molecule has 5 aliphatic heterocycles. The number of aliphatic hydroxyl groups excluding tert-OH is 18. The average Bonchev–Trinajstić information content (AvgIpc) is 3.35. The predicted octanol–water partition coefficient (Wildman–Crippen LogP) is -13.1. The lowest BCUT2D eigenvalue weighted by atomic mass is 9.94. The maximum Gasteiger partial charge on any atom is 0.217 e. The van der Waals surface area contributed by atoms with Gasteiger partial charge in [-0.25, -0.2) is 0 Å². The van der Waals surface area contributed by atoms with Gasteiger partial charge in [-0.3, -0.25) is 9.59 Å². The van der Waals surface area contributed by atoms with Gasteiger partial charge in [0, 0.05) is 13.8 Å². The Bertz CT molecular complexity index is 1680. The van der Waals surface area contributed by atoms with E-state index in [9.17, 15) is 102 Å². The normalized spacial score (nSPS) is 45.7. The molecule has 5 rings (SSSR count). The summed E-state index contributed by atoms with van der Waals surface area (Å²) in [6.45, 7) is -2.68. The molecule has 0 saturated carbocycles. The molecule has 0 aromatic carbocycles. The molecule has 5 saturated heterocycles. The van der Waals surface area contributed by atoms with E-state index in [-0.39, 0.29) is 0 Å². The monoisotopic (exact) mass is 1060 g/mol. The third-order valence-electron chi connectivity index (χ3n) is 12.8. The van der Waals surface area contributed by atoms with Gasteiger partial charge in [0.2, 0.25) is 11.8 Å². The summed E-state index contributed by atoms with van der Waals surface area (Å²) >= 11 is 0. The third-order valence-corrected chi connectivity index (χ3v) is 12.8. The number of amides is 2. The van der Waals surface area contributed by atoms with Crippen LogP contribution in [0, 0.1) is 0 Å². The number of aliphatic hydroxyl groups is 18. The van der Waals surface area contributed by atoms with Crippen LogP contribution >= 0.6 is 0 Å². The Morgan fingerprint density at radius 1 is 0.500 bits per heavy atom. The summed E-state index contributed by atoms with van der Waals surface area (Å²) in [4.78, 5) is 24.9. The van der Waals surface area contributed by atoms with Crippen molar-refractivity contribution >= 4 is 11.8 Å². The number of carbonyl (C=O) groups excluding carboxylic acids is 2. The van der Waals surface area contributed by atoms with Crippen LogP contribution in [0.1, 0.15) is 20.8 Å². The van der Waals surface area contributed by atoms with Crippen molar-refractivity contribution in [2.45, 2.75) is 199 Å². The molecule has 29 atom stereocenters. The molecule has 32 nitrogen and oxygen atoms in total.